The van der Waals surface area contributed by atoms with Crippen molar-refractivity contribution in [3.63, 3.8) is 0 Å². The van der Waals surface area contributed by atoms with Crippen LogP contribution in [0.5, 0.6) is 11.5 Å². The number of carbonyl (C=O) groups is 1. The van der Waals surface area contributed by atoms with Crippen molar-refractivity contribution >= 4 is 39.8 Å². The number of halogens is 1. The number of benzene rings is 2. The fourth-order valence-electron chi connectivity index (χ4n) is 2.02. The molecule has 2 aromatic rings. The minimum atomic E-state index is -0.149. The van der Waals surface area contributed by atoms with Gasteiger partial charge < -0.3 is 9.47 Å². The highest BCUT2D eigenvalue weighted by molar-refractivity contribution is 9.10. The number of thioether (sulfide) groups is 1. The second-order valence-electron chi connectivity index (χ2n) is 5.02. The summed E-state index contributed by atoms with van der Waals surface area (Å²) in [5.74, 6) is 2.28. The standard InChI is InChI=1S/C18H19BrN2O3S/c1-23-16-7-6-14(17(9-16)24-2)10-20-21-18(22)12-25-11-13-4-3-5-15(19)8-13/h3-10H,11-12H2,1-2H3,(H,21,22)/b20-10-. The Labute approximate surface area is 159 Å². The first-order valence-electron chi connectivity index (χ1n) is 7.48. The Morgan fingerprint density at radius 2 is 2.08 bits per heavy atom. The summed E-state index contributed by atoms with van der Waals surface area (Å²) in [6.07, 6.45) is 1.55. The van der Waals surface area contributed by atoms with Crippen LogP contribution in [-0.4, -0.2) is 32.1 Å². The lowest BCUT2D eigenvalue weighted by Crippen LogP contribution is -2.19. The third-order valence-electron chi connectivity index (χ3n) is 3.22. The number of carbonyl (C=O) groups excluding carboxylic acids is 1. The van der Waals surface area contributed by atoms with Crippen molar-refractivity contribution in [1.29, 1.82) is 0 Å². The van der Waals surface area contributed by atoms with Gasteiger partial charge in [-0.05, 0) is 29.8 Å². The average Bonchev–Trinajstić information content (AvgIpc) is 2.62. The van der Waals surface area contributed by atoms with E-state index >= 15 is 0 Å². The van der Waals surface area contributed by atoms with Crippen LogP contribution < -0.4 is 14.9 Å². The Hall–Kier alpha value is -1.99. The molecule has 5 nitrogen and oxygen atoms in total. The molecule has 0 unspecified atom stereocenters. The van der Waals surface area contributed by atoms with Gasteiger partial charge in [-0.25, -0.2) is 5.43 Å². The number of hydrazone groups is 1. The summed E-state index contributed by atoms with van der Waals surface area (Å²) in [6.45, 7) is 0. The molecular weight excluding hydrogens is 404 g/mol. The summed E-state index contributed by atoms with van der Waals surface area (Å²) in [5.41, 5.74) is 4.44. The Bertz CT molecular complexity index is 753. The summed E-state index contributed by atoms with van der Waals surface area (Å²) in [6, 6.07) is 13.4. The van der Waals surface area contributed by atoms with Crippen LogP contribution in [0.1, 0.15) is 11.1 Å². The van der Waals surface area contributed by atoms with Gasteiger partial charge in [0.2, 0.25) is 5.91 Å². The molecular formula is C18H19BrN2O3S. The van der Waals surface area contributed by atoms with Gasteiger partial charge in [0.1, 0.15) is 11.5 Å². The first kappa shape index (κ1) is 19.3. The predicted octanol–water partition coefficient (Wildman–Crippen LogP) is 3.85. The van der Waals surface area contributed by atoms with Crippen LogP contribution in [0.15, 0.2) is 52.0 Å². The SMILES string of the molecule is COc1ccc(/C=N\NC(=O)CSCc2cccc(Br)c2)c(OC)c1. The van der Waals surface area contributed by atoms with Crippen molar-refractivity contribution in [2.45, 2.75) is 5.75 Å². The number of ether oxygens (including phenoxy) is 2. The van der Waals surface area contributed by atoms with Gasteiger partial charge in [0.05, 0.1) is 26.2 Å². The molecule has 2 rings (SSSR count). The largest absolute Gasteiger partial charge is 0.497 e. The van der Waals surface area contributed by atoms with Crippen LogP contribution in [-0.2, 0) is 10.5 Å². The molecule has 0 aromatic heterocycles. The molecule has 0 aliphatic carbocycles. The number of hydrogen-bond donors (Lipinski definition) is 1. The number of amides is 1. The van der Waals surface area contributed by atoms with E-state index in [1.54, 1.807) is 32.6 Å². The van der Waals surface area contributed by atoms with E-state index in [9.17, 15) is 4.79 Å². The van der Waals surface area contributed by atoms with Crippen molar-refractivity contribution in [1.82, 2.24) is 5.43 Å². The molecule has 0 saturated heterocycles. The minimum Gasteiger partial charge on any atom is -0.497 e. The number of methoxy groups -OCH3 is 2. The molecule has 1 amide bonds. The molecule has 0 heterocycles. The molecule has 0 atom stereocenters. The number of rotatable bonds is 8. The third kappa shape index (κ3) is 6.43. The van der Waals surface area contributed by atoms with E-state index < -0.39 is 0 Å². The second-order valence-corrected chi connectivity index (χ2v) is 6.93. The van der Waals surface area contributed by atoms with Crippen LogP contribution in [0.25, 0.3) is 0 Å². The van der Waals surface area contributed by atoms with Crippen LogP contribution in [0.3, 0.4) is 0 Å². The van der Waals surface area contributed by atoms with Crippen LogP contribution in [0.4, 0.5) is 0 Å². The lowest BCUT2D eigenvalue weighted by atomic mass is 10.2. The van der Waals surface area contributed by atoms with Crippen molar-refractivity contribution in [3.05, 3.63) is 58.1 Å². The minimum absolute atomic E-state index is 0.149. The van der Waals surface area contributed by atoms with E-state index in [-0.39, 0.29) is 5.91 Å². The Morgan fingerprint density at radius 1 is 1.24 bits per heavy atom. The van der Waals surface area contributed by atoms with Crippen molar-refractivity contribution < 1.29 is 14.3 Å². The molecule has 132 valence electrons. The quantitative estimate of drug-likeness (QED) is 0.518. The molecule has 0 aliphatic heterocycles. The summed E-state index contributed by atoms with van der Waals surface area (Å²) >= 11 is 4.97. The molecule has 0 fully saturated rings. The first-order chi connectivity index (χ1) is 12.1. The van der Waals surface area contributed by atoms with Gasteiger partial charge in [-0.15, -0.1) is 11.8 Å². The van der Waals surface area contributed by atoms with Crippen molar-refractivity contribution in [3.8, 4) is 11.5 Å². The zero-order valence-electron chi connectivity index (χ0n) is 14.0. The normalized spacial score (nSPS) is 10.7. The maximum absolute atomic E-state index is 11.8. The van der Waals surface area contributed by atoms with Crippen molar-refractivity contribution in [2.75, 3.05) is 20.0 Å². The van der Waals surface area contributed by atoms with Gasteiger partial charge in [0.15, 0.2) is 0 Å². The maximum atomic E-state index is 11.8. The average molecular weight is 423 g/mol. The Balaban J connectivity index is 1.80. The molecule has 0 spiro atoms. The number of nitrogens with one attached hydrogen (secondary N) is 1. The van der Waals surface area contributed by atoms with E-state index in [0.29, 0.717) is 17.3 Å². The number of nitrogens with zero attached hydrogens (tertiary/aromatic N) is 1. The zero-order valence-corrected chi connectivity index (χ0v) is 16.4. The van der Waals surface area contributed by atoms with Crippen LogP contribution in [0.2, 0.25) is 0 Å². The number of hydrogen-bond acceptors (Lipinski definition) is 5. The molecule has 0 aliphatic rings. The molecule has 25 heavy (non-hydrogen) atoms. The Morgan fingerprint density at radius 3 is 2.80 bits per heavy atom. The van der Waals surface area contributed by atoms with Crippen molar-refractivity contribution in [2.24, 2.45) is 5.10 Å². The van der Waals surface area contributed by atoms with Gasteiger partial charge in [0, 0.05) is 21.9 Å². The fourth-order valence-corrected chi connectivity index (χ4v) is 3.23. The van der Waals surface area contributed by atoms with E-state index in [0.717, 1.165) is 15.8 Å². The first-order valence-corrected chi connectivity index (χ1v) is 9.43. The van der Waals surface area contributed by atoms with Crippen LogP contribution >= 0.6 is 27.7 Å². The zero-order chi connectivity index (χ0) is 18.1. The van der Waals surface area contributed by atoms with Gasteiger partial charge in [-0.3, -0.25) is 4.79 Å². The van der Waals surface area contributed by atoms with Gasteiger partial charge in [-0.1, -0.05) is 28.1 Å². The Kier molecular flexibility index (Phi) is 7.81. The monoisotopic (exact) mass is 422 g/mol. The smallest absolute Gasteiger partial charge is 0.250 e. The predicted molar refractivity (Wildman–Crippen MR) is 106 cm³/mol. The molecule has 2 aromatic carbocycles. The molecule has 1 N–H and O–H groups in total. The summed E-state index contributed by atoms with van der Waals surface area (Å²) in [4.78, 5) is 11.8. The summed E-state index contributed by atoms with van der Waals surface area (Å²) < 4.78 is 11.5. The summed E-state index contributed by atoms with van der Waals surface area (Å²) in [7, 11) is 3.16. The van der Waals surface area contributed by atoms with Gasteiger partial charge in [0.25, 0.3) is 0 Å². The maximum Gasteiger partial charge on any atom is 0.250 e. The van der Waals surface area contributed by atoms with E-state index in [1.165, 1.54) is 17.3 Å². The molecule has 0 bridgehead atoms. The summed E-state index contributed by atoms with van der Waals surface area (Å²) in [5, 5.41) is 3.98. The third-order valence-corrected chi connectivity index (χ3v) is 4.72. The van der Waals surface area contributed by atoms with Gasteiger partial charge in [-0.2, -0.15) is 5.10 Å². The van der Waals surface area contributed by atoms with E-state index in [1.807, 2.05) is 30.3 Å². The van der Waals surface area contributed by atoms with E-state index in [4.69, 9.17) is 9.47 Å². The topological polar surface area (TPSA) is 59.9 Å². The highest BCUT2D eigenvalue weighted by Crippen LogP contribution is 2.23. The van der Waals surface area contributed by atoms with E-state index in [2.05, 4.69) is 26.5 Å². The molecule has 0 saturated carbocycles. The molecule has 0 radical (unpaired) electrons. The van der Waals surface area contributed by atoms with Gasteiger partial charge >= 0.3 is 0 Å². The highest BCUT2D eigenvalue weighted by Gasteiger charge is 2.04. The second kappa shape index (κ2) is 10.1. The van der Waals surface area contributed by atoms with Crippen LogP contribution in [0, 0.1) is 0 Å². The molecule has 7 heteroatoms. The fraction of sp³-hybridized carbons (Fsp3) is 0.222. The lowest BCUT2D eigenvalue weighted by molar-refractivity contribution is -0.118. The lowest BCUT2D eigenvalue weighted by Gasteiger charge is -2.07. The highest BCUT2D eigenvalue weighted by atomic mass is 79.9.